The first-order valence-corrected chi connectivity index (χ1v) is 4.75. The molecule has 0 bridgehead atoms. The molecule has 0 unspecified atom stereocenters. The zero-order valence-electron chi connectivity index (χ0n) is 7.73. The van der Waals surface area contributed by atoms with Crippen molar-refractivity contribution < 1.29 is 4.74 Å². The molecule has 0 N–H and O–H groups in total. The molecule has 0 radical (unpaired) electrons. The van der Waals surface area contributed by atoms with Crippen molar-refractivity contribution in [3.63, 3.8) is 0 Å². The van der Waals surface area contributed by atoms with E-state index >= 15 is 0 Å². The van der Waals surface area contributed by atoms with E-state index in [0.717, 1.165) is 5.75 Å². The van der Waals surface area contributed by atoms with Gasteiger partial charge in [0.15, 0.2) is 0 Å². The third kappa shape index (κ3) is 1.50. The van der Waals surface area contributed by atoms with Crippen LogP contribution in [-0.4, -0.2) is 0 Å². The third-order valence-electron chi connectivity index (χ3n) is 2.58. The van der Waals surface area contributed by atoms with Gasteiger partial charge in [0.2, 0.25) is 0 Å². The Hall–Kier alpha value is -1.76. The van der Waals surface area contributed by atoms with Crippen LogP contribution >= 0.6 is 0 Å². The molecule has 1 nitrogen and oxygen atoms in total. The van der Waals surface area contributed by atoms with Crippen molar-refractivity contribution in [1.29, 1.82) is 0 Å². The first-order valence-electron chi connectivity index (χ1n) is 4.75. The number of hydrogen-bond donors (Lipinski definition) is 0. The van der Waals surface area contributed by atoms with Gasteiger partial charge >= 0.3 is 0 Å². The Labute approximate surface area is 90.3 Å². The lowest BCUT2D eigenvalue weighted by Gasteiger charge is -2.20. The smallest absolute Gasteiger partial charge is 0.127 e. The number of para-hydroxylation sites is 1. The summed E-state index contributed by atoms with van der Waals surface area (Å²) in [6, 6.07) is 16.6. The molecule has 0 fully saturated rings. The van der Waals surface area contributed by atoms with Gasteiger partial charge in [-0.3, -0.25) is 0 Å². The standard InChI is InChI=1S/C13H10O.CH4/c1-2-6-11-10(5-1)9-14-13-8-4-3-7-12(11)13;/h1-8H,9H2;1H4. The van der Waals surface area contributed by atoms with Crippen LogP contribution in [0.2, 0.25) is 0 Å². The summed E-state index contributed by atoms with van der Waals surface area (Å²) in [7, 11) is 0. The van der Waals surface area contributed by atoms with Gasteiger partial charge in [0.25, 0.3) is 0 Å². The van der Waals surface area contributed by atoms with Gasteiger partial charge in [0.05, 0.1) is 0 Å². The first-order chi connectivity index (χ1) is 6.95. The van der Waals surface area contributed by atoms with Crippen LogP contribution in [0.1, 0.15) is 13.0 Å². The molecule has 0 spiro atoms. The van der Waals surface area contributed by atoms with E-state index in [9.17, 15) is 0 Å². The molecule has 15 heavy (non-hydrogen) atoms. The quantitative estimate of drug-likeness (QED) is 0.624. The summed E-state index contributed by atoms with van der Waals surface area (Å²) in [4.78, 5) is 0. The molecule has 3 rings (SSSR count). The van der Waals surface area contributed by atoms with E-state index in [2.05, 4.69) is 30.3 Å². The molecule has 0 amide bonds. The molecule has 76 valence electrons. The van der Waals surface area contributed by atoms with Crippen molar-refractivity contribution in [2.75, 3.05) is 0 Å². The van der Waals surface area contributed by atoms with E-state index in [-0.39, 0.29) is 7.43 Å². The maximum atomic E-state index is 5.65. The van der Waals surface area contributed by atoms with Crippen LogP contribution in [0.15, 0.2) is 48.5 Å². The Kier molecular flexibility index (Phi) is 2.46. The molecule has 0 atom stereocenters. The van der Waals surface area contributed by atoms with Gasteiger partial charge in [-0.15, -0.1) is 0 Å². The molecule has 2 aromatic carbocycles. The molecular formula is C14H14O. The summed E-state index contributed by atoms with van der Waals surface area (Å²) in [6.07, 6.45) is 0. The molecule has 0 aliphatic carbocycles. The summed E-state index contributed by atoms with van der Waals surface area (Å²) in [5.41, 5.74) is 3.77. The normalized spacial score (nSPS) is 11.7. The van der Waals surface area contributed by atoms with E-state index in [1.165, 1.54) is 16.7 Å². The Morgan fingerprint density at radius 3 is 2.33 bits per heavy atom. The molecule has 1 heteroatoms. The molecular weight excluding hydrogens is 184 g/mol. The topological polar surface area (TPSA) is 9.23 Å². The van der Waals surface area contributed by atoms with Crippen LogP contribution in [0.4, 0.5) is 0 Å². The summed E-state index contributed by atoms with van der Waals surface area (Å²) in [5.74, 6) is 0.992. The molecule has 2 aromatic rings. The van der Waals surface area contributed by atoms with E-state index < -0.39 is 0 Å². The molecule has 0 aromatic heterocycles. The van der Waals surface area contributed by atoms with Crippen molar-refractivity contribution in [3.05, 3.63) is 54.1 Å². The highest BCUT2D eigenvalue weighted by molar-refractivity contribution is 5.74. The molecule has 1 aliphatic rings. The lowest BCUT2D eigenvalue weighted by atomic mass is 9.97. The lowest BCUT2D eigenvalue weighted by molar-refractivity contribution is 0.302. The van der Waals surface area contributed by atoms with Gasteiger partial charge in [0, 0.05) is 5.56 Å². The SMILES string of the molecule is C.c1ccc2c(c1)COc1ccccc1-2. The van der Waals surface area contributed by atoms with E-state index in [0.29, 0.717) is 6.61 Å². The van der Waals surface area contributed by atoms with Gasteiger partial charge in [-0.1, -0.05) is 49.9 Å². The van der Waals surface area contributed by atoms with Gasteiger partial charge < -0.3 is 4.74 Å². The molecule has 0 saturated heterocycles. The van der Waals surface area contributed by atoms with Crippen molar-refractivity contribution in [2.24, 2.45) is 0 Å². The summed E-state index contributed by atoms with van der Waals surface area (Å²) < 4.78 is 5.65. The van der Waals surface area contributed by atoms with Crippen molar-refractivity contribution >= 4 is 0 Å². The fourth-order valence-corrected chi connectivity index (χ4v) is 1.88. The second kappa shape index (κ2) is 3.77. The second-order valence-electron chi connectivity index (χ2n) is 3.44. The minimum absolute atomic E-state index is 0. The predicted octanol–water partition coefficient (Wildman–Crippen LogP) is 3.88. The highest BCUT2D eigenvalue weighted by Crippen LogP contribution is 2.36. The zero-order valence-corrected chi connectivity index (χ0v) is 7.73. The maximum Gasteiger partial charge on any atom is 0.127 e. The van der Waals surface area contributed by atoms with Crippen LogP contribution in [0, 0.1) is 0 Å². The fraction of sp³-hybridized carbons (Fsp3) is 0.143. The highest BCUT2D eigenvalue weighted by atomic mass is 16.5. The number of benzene rings is 2. The first kappa shape index (κ1) is 9.78. The minimum Gasteiger partial charge on any atom is -0.488 e. The average Bonchev–Trinajstić information content (AvgIpc) is 2.29. The van der Waals surface area contributed by atoms with Crippen LogP contribution in [0.25, 0.3) is 11.1 Å². The lowest BCUT2D eigenvalue weighted by Crippen LogP contribution is -2.04. The average molecular weight is 198 g/mol. The van der Waals surface area contributed by atoms with Crippen molar-refractivity contribution in [3.8, 4) is 16.9 Å². The predicted molar refractivity (Wildman–Crippen MR) is 62.9 cm³/mol. The van der Waals surface area contributed by atoms with E-state index in [1.54, 1.807) is 0 Å². The molecule has 1 aliphatic heterocycles. The Morgan fingerprint density at radius 2 is 1.47 bits per heavy atom. The van der Waals surface area contributed by atoms with Gasteiger partial charge in [-0.05, 0) is 17.2 Å². The zero-order chi connectivity index (χ0) is 9.38. The van der Waals surface area contributed by atoms with E-state index in [4.69, 9.17) is 4.74 Å². The summed E-state index contributed by atoms with van der Waals surface area (Å²) >= 11 is 0. The van der Waals surface area contributed by atoms with Crippen LogP contribution in [0.5, 0.6) is 5.75 Å². The summed E-state index contributed by atoms with van der Waals surface area (Å²) in [6.45, 7) is 0.688. The van der Waals surface area contributed by atoms with Crippen molar-refractivity contribution in [2.45, 2.75) is 14.0 Å². The number of ether oxygens (including phenoxy) is 1. The summed E-state index contributed by atoms with van der Waals surface area (Å²) in [5, 5.41) is 0. The Morgan fingerprint density at radius 1 is 0.800 bits per heavy atom. The van der Waals surface area contributed by atoms with Gasteiger partial charge in [-0.25, -0.2) is 0 Å². The largest absolute Gasteiger partial charge is 0.488 e. The number of hydrogen-bond acceptors (Lipinski definition) is 1. The van der Waals surface area contributed by atoms with Gasteiger partial charge in [-0.2, -0.15) is 0 Å². The number of rotatable bonds is 0. The van der Waals surface area contributed by atoms with Crippen LogP contribution in [-0.2, 0) is 6.61 Å². The van der Waals surface area contributed by atoms with Gasteiger partial charge in [0.1, 0.15) is 12.4 Å². The minimum atomic E-state index is 0. The second-order valence-corrected chi connectivity index (χ2v) is 3.44. The molecule has 0 saturated carbocycles. The number of fused-ring (bicyclic) bond motifs is 3. The fourth-order valence-electron chi connectivity index (χ4n) is 1.88. The monoisotopic (exact) mass is 198 g/mol. The Bertz CT molecular complexity index is 429. The van der Waals surface area contributed by atoms with Crippen molar-refractivity contribution in [1.82, 2.24) is 0 Å². The molecule has 1 heterocycles. The Balaban J connectivity index is 0.000000853. The third-order valence-corrected chi connectivity index (χ3v) is 2.58. The van der Waals surface area contributed by atoms with E-state index in [1.807, 2.05) is 18.2 Å². The van der Waals surface area contributed by atoms with Crippen LogP contribution in [0.3, 0.4) is 0 Å². The maximum absolute atomic E-state index is 5.65. The highest BCUT2D eigenvalue weighted by Gasteiger charge is 2.14. The van der Waals surface area contributed by atoms with Crippen LogP contribution < -0.4 is 4.74 Å².